The Hall–Kier alpha value is -2.70. The van der Waals surface area contributed by atoms with Crippen LogP contribution in [0.5, 0.6) is 0 Å². The largest absolute Gasteiger partial charge is 0.346 e. The fourth-order valence-electron chi connectivity index (χ4n) is 2.96. The molecule has 7 heteroatoms. The van der Waals surface area contributed by atoms with Crippen molar-refractivity contribution in [3.8, 4) is 0 Å². The molecule has 0 spiro atoms. The molecule has 0 bridgehead atoms. The first kappa shape index (κ1) is 13.0. The van der Waals surface area contributed by atoms with Gasteiger partial charge in [0.1, 0.15) is 11.4 Å². The zero-order valence-corrected chi connectivity index (χ0v) is 12.2. The minimum atomic E-state index is -0.0144. The standard InChI is InChI=1S/C15H16N6O/c1-10-7-17-13(19-10)11-3-6-20(9-11)15(22)12-8-18-21-5-2-4-16-14(12)21/h2,4-5,7-8,11H,3,6,9H2,1H3,(H,17,19)/t11-/m1/s1. The third kappa shape index (κ3) is 2.05. The van der Waals surface area contributed by atoms with Crippen molar-refractivity contribution in [2.75, 3.05) is 13.1 Å². The summed E-state index contributed by atoms with van der Waals surface area (Å²) in [6.45, 7) is 3.39. The quantitative estimate of drug-likeness (QED) is 0.775. The van der Waals surface area contributed by atoms with Crippen LogP contribution in [0.15, 0.2) is 30.9 Å². The van der Waals surface area contributed by atoms with E-state index in [0.717, 1.165) is 24.5 Å². The number of rotatable bonds is 2. The molecule has 112 valence electrons. The van der Waals surface area contributed by atoms with Crippen molar-refractivity contribution in [1.29, 1.82) is 0 Å². The molecule has 1 fully saturated rings. The van der Waals surface area contributed by atoms with E-state index >= 15 is 0 Å². The Labute approximate surface area is 127 Å². The predicted octanol–water partition coefficient (Wildman–Crippen LogP) is 1.39. The summed E-state index contributed by atoms with van der Waals surface area (Å²) in [6, 6.07) is 1.79. The highest BCUT2D eigenvalue weighted by molar-refractivity contribution is 5.99. The summed E-state index contributed by atoms with van der Waals surface area (Å²) < 4.78 is 1.62. The van der Waals surface area contributed by atoms with Crippen molar-refractivity contribution in [3.63, 3.8) is 0 Å². The summed E-state index contributed by atoms with van der Waals surface area (Å²) >= 11 is 0. The highest BCUT2D eigenvalue weighted by Gasteiger charge is 2.31. The van der Waals surface area contributed by atoms with Crippen LogP contribution in [-0.2, 0) is 0 Å². The molecular formula is C15H16N6O. The summed E-state index contributed by atoms with van der Waals surface area (Å²) in [7, 11) is 0. The normalized spacial score (nSPS) is 18.2. The van der Waals surface area contributed by atoms with Crippen LogP contribution in [0.2, 0.25) is 0 Å². The molecule has 1 atom stereocenters. The molecule has 22 heavy (non-hydrogen) atoms. The van der Waals surface area contributed by atoms with Gasteiger partial charge >= 0.3 is 0 Å². The van der Waals surface area contributed by atoms with Crippen LogP contribution in [0.4, 0.5) is 0 Å². The average molecular weight is 296 g/mol. The molecule has 0 radical (unpaired) electrons. The summed E-state index contributed by atoms with van der Waals surface area (Å²) in [5.74, 6) is 1.22. The minimum Gasteiger partial charge on any atom is -0.346 e. The molecule has 0 aliphatic carbocycles. The van der Waals surface area contributed by atoms with Gasteiger partial charge in [0, 0.05) is 43.3 Å². The van der Waals surface area contributed by atoms with Crippen LogP contribution in [0.1, 0.15) is 34.2 Å². The van der Waals surface area contributed by atoms with Crippen LogP contribution >= 0.6 is 0 Å². The third-order valence-electron chi connectivity index (χ3n) is 4.09. The molecule has 7 nitrogen and oxygen atoms in total. The van der Waals surface area contributed by atoms with E-state index in [9.17, 15) is 4.79 Å². The van der Waals surface area contributed by atoms with Crippen molar-refractivity contribution in [1.82, 2.24) is 29.5 Å². The Morgan fingerprint density at radius 3 is 3.09 bits per heavy atom. The second-order valence-corrected chi connectivity index (χ2v) is 5.63. The lowest BCUT2D eigenvalue weighted by Gasteiger charge is -2.15. The van der Waals surface area contributed by atoms with Crippen LogP contribution < -0.4 is 0 Å². The van der Waals surface area contributed by atoms with Gasteiger partial charge in [-0.25, -0.2) is 14.5 Å². The number of nitrogens with zero attached hydrogens (tertiary/aromatic N) is 5. The minimum absolute atomic E-state index is 0.0144. The molecule has 1 aliphatic heterocycles. The first-order chi connectivity index (χ1) is 10.7. The van der Waals surface area contributed by atoms with E-state index < -0.39 is 0 Å². The van der Waals surface area contributed by atoms with E-state index in [1.165, 1.54) is 0 Å². The summed E-state index contributed by atoms with van der Waals surface area (Å²) in [4.78, 5) is 26.5. The number of carbonyl (C=O) groups excluding carboxylic acids is 1. The van der Waals surface area contributed by atoms with E-state index in [1.807, 2.05) is 18.0 Å². The number of aromatic amines is 1. The van der Waals surface area contributed by atoms with Crippen molar-refractivity contribution in [3.05, 3.63) is 47.9 Å². The van der Waals surface area contributed by atoms with Crippen LogP contribution in [0.3, 0.4) is 0 Å². The number of H-pyrrole nitrogens is 1. The number of imidazole rings is 1. The molecule has 1 saturated heterocycles. The highest BCUT2D eigenvalue weighted by atomic mass is 16.2. The number of nitrogens with one attached hydrogen (secondary N) is 1. The molecule has 0 unspecified atom stereocenters. The molecular weight excluding hydrogens is 280 g/mol. The number of amides is 1. The molecule has 1 aliphatic rings. The molecule has 0 saturated carbocycles. The Bertz CT molecular complexity index is 835. The van der Waals surface area contributed by atoms with Gasteiger partial charge in [0.05, 0.1) is 6.20 Å². The predicted molar refractivity (Wildman–Crippen MR) is 79.6 cm³/mol. The Balaban J connectivity index is 1.57. The second-order valence-electron chi connectivity index (χ2n) is 5.63. The highest BCUT2D eigenvalue weighted by Crippen LogP contribution is 2.26. The lowest BCUT2D eigenvalue weighted by Crippen LogP contribution is -2.28. The van der Waals surface area contributed by atoms with Gasteiger partial charge in [0.15, 0.2) is 5.65 Å². The summed E-state index contributed by atoms with van der Waals surface area (Å²) in [5, 5.41) is 4.18. The maximum absolute atomic E-state index is 12.7. The first-order valence-electron chi connectivity index (χ1n) is 7.31. The van der Waals surface area contributed by atoms with Gasteiger partial charge in [0.25, 0.3) is 5.91 Å². The van der Waals surface area contributed by atoms with E-state index in [0.29, 0.717) is 17.8 Å². The van der Waals surface area contributed by atoms with Gasteiger partial charge in [-0.05, 0) is 19.4 Å². The molecule has 3 aromatic heterocycles. The van der Waals surface area contributed by atoms with Gasteiger partial charge < -0.3 is 9.88 Å². The van der Waals surface area contributed by atoms with Crippen LogP contribution in [0, 0.1) is 6.92 Å². The number of fused-ring (bicyclic) bond motifs is 1. The topological polar surface area (TPSA) is 79.2 Å². The number of aromatic nitrogens is 5. The molecule has 1 amide bonds. The summed E-state index contributed by atoms with van der Waals surface area (Å²) in [5.41, 5.74) is 2.20. The second kappa shape index (κ2) is 4.94. The zero-order valence-electron chi connectivity index (χ0n) is 12.2. The number of carbonyl (C=O) groups is 1. The maximum Gasteiger partial charge on any atom is 0.259 e. The first-order valence-corrected chi connectivity index (χ1v) is 7.31. The van der Waals surface area contributed by atoms with Crippen LogP contribution in [0.25, 0.3) is 5.65 Å². The maximum atomic E-state index is 12.7. The van der Waals surface area contributed by atoms with E-state index in [4.69, 9.17) is 0 Å². The lowest BCUT2D eigenvalue weighted by atomic mass is 10.1. The van der Waals surface area contributed by atoms with Crippen molar-refractivity contribution in [2.45, 2.75) is 19.3 Å². The number of aryl methyl sites for hydroxylation is 1. The molecule has 0 aromatic carbocycles. The smallest absolute Gasteiger partial charge is 0.259 e. The van der Waals surface area contributed by atoms with Gasteiger partial charge in [-0.3, -0.25) is 4.79 Å². The molecule has 1 N–H and O–H groups in total. The molecule has 4 heterocycles. The van der Waals surface area contributed by atoms with E-state index in [2.05, 4.69) is 20.1 Å². The van der Waals surface area contributed by atoms with Gasteiger partial charge in [-0.2, -0.15) is 5.10 Å². The van der Waals surface area contributed by atoms with Gasteiger partial charge in [-0.1, -0.05) is 0 Å². The van der Waals surface area contributed by atoms with Crippen molar-refractivity contribution >= 4 is 11.6 Å². The average Bonchev–Trinajstić information content (AvgIpc) is 3.25. The fraction of sp³-hybridized carbons (Fsp3) is 0.333. The van der Waals surface area contributed by atoms with Gasteiger partial charge in [-0.15, -0.1) is 0 Å². The van der Waals surface area contributed by atoms with E-state index in [-0.39, 0.29) is 11.8 Å². The Morgan fingerprint density at radius 1 is 1.36 bits per heavy atom. The number of hydrogen-bond acceptors (Lipinski definition) is 4. The number of likely N-dealkylation sites (tertiary alicyclic amines) is 1. The monoisotopic (exact) mass is 296 g/mol. The fourth-order valence-corrected chi connectivity index (χ4v) is 2.96. The van der Waals surface area contributed by atoms with Crippen LogP contribution in [-0.4, -0.2) is 48.5 Å². The molecule has 3 aromatic rings. The SMILES string of the molecule is Cc1cnc([C@@H]2CCN(C(=O)c3cnn4cccnc34)C2)[nH]1. The Morgan fingerprint density at radius 2 is 2.27 bits per heavy atom. The number of hydrogen-bond donors (Lipinski definition) is 1. The van der Waals surface area contributed by atoms with Gasteiger partial charge in [0.2, 0.25) is 0 Å². The molecule has 4 rings (SSSR count). The van der Waals surface area contributed by atoms with Crippen molar-refractivity contribution < 1.29 is 4.79 Å². The summed E-state index contributed by atoms with van der Waals surface area (Å²) in [6.07, 6.45) is 7.80. The zero-order chi connectivity index (χ0) is 15.1. The van der Waals surface area contributed by atoms with E-state index in [1.54, 1.807) is 29.2 Å². The Kier molecular flexibility index (Phi) is 2.92. The van der Waals surface area contributed by atoms with Crippen molar-refractivity contribution in [2.24, 2.45) is 0 Å². The third-order valence-corrected chi connectivity index (χ3v) is 4.09. The lowest BCUT2D eigenvalue weighted by molar-refractivity contribution is 0.0792.